The van der Waals surface area contributed by atoms with Gasteiger partial charge in [-0.15, -0.1) is 11.3 Å². The molecule has 0 spiro atoms. The zero-order valence-electron chi connectivity index (χ0n) is 12.2. The molecule has 0 atom stereocenters. The first-order chi connectivity index (χ1) is 10.3. The number of aryl methyl sites for hydroxylation is 1. The summed E-state index contributed by atoms with van der Waals surface area (Å²) in [5.74, 6) is 8.09. The molecule has 3 rings (SSSR count). The van der Waals surface area contributed by atoms with E-state index in [4.69, 9.17) is 10.8 Å². The second kappa shape index (κ2) is 6.41. The molecule has 0 saturated heterocycles. The third kappa shape index (κ3) is 3.51. The van der Waals surface area contributed by atoms with Crippen LogP contribution in [0, 0.1) is 0 Å². The molecular formula is C15H21N5S. The molecule has 2 heterocycles. The maximum absolute atomic E-state index is 5.55. The number of hydrazine groups is 1. The van der Waals surface area contributed by atoms with E-state index in [0.29, 0.717) is 11.9 Å². The molecule has 1 aliphatic carbocycles. The van der Waals surface area contributed by atoms with E-state index in [1.54, 1.807) is 11.3 Å². The van der Waals surface area contributed by atoms with Gasteiger partial charge in [0.15, 0.2) is 0 Å². The van der Waals surface area contributed by atoms with Crippen molar-refractivity contribution in [3.05, 3.63) is 34.3 Å². The molecule has 1 aliphatic rings. The molecule has 0 radical (unpaired) electrons. The molecule has 5 nitrogen and oxygen atoms in total. The van der Waals surface area contributed by atoms with E-state index >= 15 is 0 Å². The second-order valence-corrected chi connectivity index (χ2v) is 6.39. The van der Waals surface area contributed by atoms with Crippen LogP contribution in [0.25, 0.3) is 0 Å². The highest BCUT2D eigenvalue weighted by molar-refractivity contribution is 7.09. The van der Waals surface area contributed by atoms with E-state index in [1.165, 1.54) is 17.7 Å². The van der Waals surface area contributed by atoms with Gasteiger partial charge in [0, 0.05) is 23.4 Å². The SMILES string of the molecule is CCCc1nc(NN)cc(N(Cc2cccs2)C2CC2)n1. The molecule has 0 amide bonds. The second-order valence-electron chi connectivity index (χ2n) is 5.36. The number of anilines is 2. The Bertz CT molecular complexity index is 580. The fourth-order valence-corrected chi connectivity index (χ4v) is 3.10. The van der Waals surface area contributed by atoms with Crippen molar-refractivity contribution in [2.75, 3.05) is 10.3 Å². The van der Waals surface area contributed by atoms with Crippen LogP contribution in [0.15, 0.2) is 23.6 Å². The normalized spacial score (nSPS) is 14.2. The number of hydrogen-bond acceptors (Lipinski definition) is 6. The summed E-state index contributed by atoms with van der Waals surface area (Å²) in [6.07, 6.45) is 4.38. The first-order valence-corrected chi connectivity index (χ1v) is 8.31. The Hall–Kier alpha value is -1.66. The van der Waals surface area contributed by atoms with Gasteiger partial charge in [-0.3, -0.25) is 0 Å². The Balaban J connectivity index is 1.88. The van der Waals surface area contributed by atoms with Crippen LogP contribution in [0.2, 0.25) is 0 Å². The van der Waals surface area contributed by atoms with Crippen molar-refractivity contribution in [2.24, 2.45) is 5.84 Å². The quantitative estimate of drug-likeness (QED) is 0.608. The van der Waals surface area contributed by atoms with Crippen molar-refractivity contribution in [1.82, 2.24) is 9.97 Å². The van der Waals surface area contributed by atoms with Crippen LogP contribution in [-0.4, -0.2) is 16.0 Å². The van der Waals surface area contributed by atoms with E-state index in [2.05, 4.69) is 39.7 Å². The summed E-state index contributed by atoms with van der Waals surface area (Å²) >= 11 is 1.79. The zero-order chi connectivity index (χ0) is 14.7. The van der Waals surface area contributed by atoms with Gasteiger partial charge in [-0.25, -0.2) is 15.8 Å². The van der Waals surface area contributed by atoms with Gasteiger partial charge < -0.3 is 10.3 Å². The average molecular weight is 303 g/mol. The first-order valence-electron chi connectivity index (χ1n) is 7.43. The van der Waals surface area contributed by atoms with Crippen molar-refractivity contribution in [2.45, 2.75) is 45.2 Å². The minimum atomic E-state index is 0.599. The average Bonchev–Trinajstić information content (AvgIpc) is 3.21. The van der Waals surface area contributed by atoms with Gasteiger partial charge in [0.1, 0.15) is 17.5 Å². The number of rotatable bonds is 7. The molecule has 0 aromatic carbocycles. The fourth-order valence-electron chi connectivity index (χ4n) is 2.39. The first kappa shape index (κ1) is 14.3. The third-order valence-electron chi connectivity index (χ3n) is 3.57. The lowest BCUT2D eigenvalue weighted by Gasteiger charge is -2.23. The zero-order valence-corrected chi connectivity index (χ0v) is 13.1. The Labute approximate surface area is 129 Å². The Morgan fingerprint density at radius 3 is 2.90 bits per heavy atom. The lowest BCUT2D eigenvalue weighted by Crippen LogP contribution is -2.26. The largest absolute Gasteiger partial charge is 0.348 e. The summed E-state index contributed by atoms with van der Waals surface area (Å²) in [5.41, 5.74) is 2.66. The van der Waals surface area contributed by atoms with Gasteiger partial charge in [0.05, 0.1) is 6.54 Å². The van der Waals surface area contributed by atoms with Crippen molar-refractivity contribution in [3.63, 3.8) is 0 Å². The summed E-state index contributed by atoms with van der Waals surface area (Å²) < 4.78 is 0. The Kier molecular flexibility index (Phi) is 4.36. The van der Waals surface area contributed by atoms with Gasteiger partial charge in [0.25, 0.3) is 0 Å². The van der Waals surface area contributed by atoms with Crippen LogP contribution in [-0.2, 0) is 13.0 Å². The number of nitrogens with zero attached hydrogens (tertiary/aromatic N) is 3. The number of hydrogen-bond donors (Lipinski definition) is 2. The molecule has 21 heavy (non-hydrogen) atoms. The monoisotopic (exact) mass is 303 g/mol. The van der Waals surface area contributed by atoms with E-state index in [0.717, 1.165) is 31.0 Å². The van der Waals surface area contributed by atoms with E-state index in [-0.39, 0.29) is 0 Å². The lowest BCUT2D eigenvalue weighted by atomic mass is 10.3. The number of nitrogens with two attached hydrogens (primary N) is 1. The highest BCUT2D eigenvalue weighted by atomic mass is 32.1. The minimum Gasteiger partial charge on any atom is -0.348 e. The van der Waals surface area contributed by atoms with Crippen LogP contribution in [0.1, 0.15) is 36.9 Å². The van der Waals surface area contributed by atoms with Crippen LogP contribution in [0.4, 0.5) is 11.6 Å². The number of nitrogen functional groups attached to an aromatic ring is 1. The van der Waals surface area contributed by atoms with Crippen molar-refractivity contribution in [3.8, 4) is 0 Å². The maximum atomic E-state index is 5.55. The van der Waals surface area contributed by atoms with Crippen LogP contribution in [0.5, 0.6) is 0 Å². The molecule has 2 aromatic heterocycles. The minimum absolute atomic E-state index is 0.599. The summed E-state index contributed by atoms with van der Waals surface area (Å²) in [6.45, 7) is 3.05. The van der Waals surface area contributed by atoms with E-state index in [1.807, 2.05) is 6.07 Å². The predicted molar refractivity (Wildman–Crippen MR) is 87.4 cm³/mol. The van der Waals surface area contributed by atoms with Crippen LogP contribution >= 0.6 is 11.3 Å². The van der Waals surface area contributed by atoms with Crippen molar-refractivity contribution >= 4 is 23.0 Å². The molecule has 0 bridgehead atoms. The molecule has 112 valence electrons. The van der Waals surface area contributed by atoms with Gasteiger partial charge in [-0.2, -0.15) is 0 Å². The van der Waals surface area contributed by atoms with Gasteiger partial charge in [0.2, 0.25) is 0 Å². The molecule has 0 unspecified atom stereocenters. The Morgan fingerprint density at radius 2 is 2.29 bits per heavy atom. The van der Waals surface area contributed by atoms with E-state index < -0.39 is 0 Å². The summed E-state index contributed by atoms with van der Waals surface area (Å²) in [4.78, 5) is 12.9. The molecule has 1 saturated carbocycles. The highest BCUT2D eigenvalue weighted by Crippen LogP contribution is 2.33. The summed E-state index contributed by atoms with van der Waals surface area (Å²) in [6, 6.07) is 6.82. The topological polar surface area (TPSA) is 67.1 Å². The van der Waals surface area contributed by atoms with Crippen LogP contribution in [0.3, 0.4) is 0 Å². The maximum Gasteiger partial charge on any atom is 0.145 e. The smallest absolute Gasteiger partial charge is 0.145 e. The van der Waals surface area contributed by atoms with Gasteiger partial charge in [-0.05, 0) is 30.7 Å². The van der Waals surface area contributed by atoms with Crippen molar-refractivity contribution in [1.29, 1.82) is 0 Å². The van der Waals surface area contributed by atoms with Gasteiger partial charge in [-0.1, -0.05) is 13.0 Å². The van der Waals surface area contributed by atoms with E-state index in [9.17, 15) is 0 Å². The Morgan fingerprint density at radius 1 is 1.43 bits per heavy atom. The van der Waals surface area contributed by atoms with Crippen LogP contribution < -0.4 is 16.2 Å². The lowest BCUT2D eigenvalue weighted by molar-refractivity contribution is 0.762. The summed E-state index contributed by atoms with van der Waals surface area (Å²) in [5, 5.41) is 2.12. The molecule has 2 aromatic rings. The van der Waals surface area contributed by atoms with Gasteiger partial charge >= 0.3 is 0 Å². The fraction of sp³-hybridized carbons (Fsp3) is 0.467. The molecule has 1 fully saturated rings. The highest BCUT2D eigenvalue weighted by Gasteiger charge is 2.30. The number of aromatic nitrogens is 2. The predicted octanol–water partition coefficient (Wildman–Crippen LogP) is 2.95. The number of nitrogens with one attached hydrogen (secondary N) is 1. The molecule has 6 heteroatoms. The molecular weight excluding hydrogens is 282 g/mol. The number of thiophene rings is 1. The summed E-state index contributed by atoms with van der Waals surface area (Å²) in [7, 11) is 0. The molecule has 0 aliphatic heterocycles. The third-order valence-corrected chi connectivity index (χ3v) is 4.43. The standard InChI is InChI=1S/C15H21N5S/c1-2-4-13-17-14(19-16)9-15(18-13)20(11-6-7-11)10-12-5-3-8-21-12/h3,5,8-9,11H,2,4,6-7,10,16H2,1H3,(H,17,18,19). The molecule has 3 N–H and O–H groups in total. The van der Waals surface area contributed by atoms with Crippen molar-refractivity contribution < 1.29 is 0 Å².